The van der Waals surface area contributed by atoms with Gasteiger partial charge in [0, 0.05) is 24.1 Å². The summed E-state index contributed by atoms with van der Waals surface area (Å²) in [5, 5.41) is 19.5. The number of fused-ring (bicyclic) bond motifs is 3. The van der Waals surface area contributed by atoms with Crippen molar-refractivity contribution in [3.05, 3.63) is 35.9 Å². The lowest BCUT2D eigenvalue weighted by Gasteiger charge is -2.33. The lowest BCUT2D eigenvalue weighted by Crippen LogP contribution is -2.35. The van der Waals surface area contributed by atoms with Crippen molar-refractivity contribution in [1.82, 2.24) is 4.90 Å². The summed E-state index contributed by atoms with van der Waals surface area (Å²) in [6.45, 7) is 5.86. The highest BCUT2D eigenvalue weighted by Gasteiger charge is 2.39. The average Bonchev–Trinajstić information content (AvgIpc) is 2.78. The predicted octanol–water partition coefficient (Wildman–Crippen LogP) is 2.39. The number of likely N-dealkylation sites (tertiary alicyclic amines) is 1. The molecule has 0 spiro atoms. The van der Waals surface area contributed by atoms with E-state index in [2.05, 4.69) is 11.5 Å². The van der Waals surface area contributed by atoms with E-state index < -0.39 is 0 Å². The summed E-state index contributed by atoms with van der Waals surface area (Å²) in [7, 11) is 0. The highest BCUT2D eigenvalue weighted by Crippen LogP contribution is 2.46. The molecular formula is C15H19NO2. The third kappa shape index (κ3) is 1.62. The van der Waals surface area contributed by atoms with E-state index in [1.807, 2.05) is 12.1 Å². The molecule has 3 rings (SSSR count). The molecule has 0 aromatic heterocycles. The van der Waals surface area contributed by atoms with Crippen molar-refractivity contribution < 1.29 is 10.2 Å². The predicted molar refractivity (Wildman–Crippen MR) is 71.0 cm³/mol. The summed E-state index contributed by atoms with van der Waals surface area (Å²) in [6.07, 6.45) is 5.01. The van der Waals surface area contributed by atoms with Gasteiger partial charge in [0.15, 0.2) is 11.5 Å². The summed E-state index contributed by atoms with van der Waals surface area (Å²) in [6, 6.07) is 4.17. The van der Waals surface area contributed by atoms with E-state index >= 15 is 0 Å². The lowest BCUT2D eigenvalue weighted by molar-refractivity contribution is 0.248. The van der Waals surface area contributed by atoms with Crippen LogP contribution in [0, 0.1) is 0 Å². The van der Waals surface area contributed by atoms with Crippen molar-refractivity contribution in [3.63, 3.8) is 0 Å². The van der Waals surface area contributed by atoms with Gasteiger partial charge in [0.05, 0.1) is 0 Å². The van der Waals surface area contributed by atoms with Crippen LogP contribution in [0.5, 0.6) is 11.5 Å². The quantitative estimate of drug-likeness (QED) is 0.621. The molecule has 1 aliphatic carbocycles. The van der Waals surface area contributed by atoms with Crippen LogP contribution in [-0.4, -0.2) is 34.2 Å². The molecule has 3 heteroatoms. The van der Waals surface area contributed by atoms with E-state index in [0.717, 1.165) is 37.9 Å². The van der Waals surface area contributed by atoms with Gasteiger partial charge in [-0.1, -0.05) is 12.1 Å². The topological polar surface area (TPSA) is 43.7 Å². The number of nitrogens with zero attached hydrogens (tertiary/aromatic N) is 1. The van der Waals surface area contributed by atoms with E-state index in [4.69, 9.17) is 0 Å². The molecule has 3 nitrogen and oxygen atoms in total. The number of phenolic OH excluding ortho intramolecular Hbond substituents is 2. The minimum Gasteiger partial charge on any atom is -0.504 e. The smallest absolute Gasteiger partial charge is 0.160 e. The summed E-state index contributed by atoms with van der Waals surface area (Å²) < 4.78 is 0. The molecule has 18 heavy (non-hydrogen) atoms. The molecule has 0 saturated carbocycles. The van der Waals surface area contributed by atoms with Crippen molar-refractivity contribution in [1.29, 1.82) is 0 Å². The first-order valence-electron chi connectivity index (χ1n) is 6.61. The van der Waals surface area contributed by atoms with Crippen LogP contribution in [0.25, 0.3) is 0 Å². The number of aromatic hydroxyl groups is 2. The van der Waals surface area contributed by atoms with Gasteiger partial charge in [0.2, 0.25) is 0 Å². The highest BCUT2D eigenvalue weighted by molar-refractivity contribution is 5.52. The van der Waals surface area contributed by atoms with Crippen molar-refractivity contribution >= 4 is 0 Å². The van der Waals surface area contributed by atoms with Crippen LogP contribution in [0.1, 0.15) is 29.9 Å². The van der Waals surface area contributed by atoms with Gasteiger partial charge in [-0.25, -0.2) is 0 Å². The van der Waals surface area contributed by atoms with Gasteiger partial charge < -0.3 is 10.2 Å². The molecule has 2 unspecified atom stereocenters. The molecule has 0 bridgehead atoms. The molecule has 2 atom stereocenters. The fourth-order valence-corrected chi connectivity index (χ4v) is 3.60. The molecule has 1 aromatic carbocycles. The molecule has 0 radical (unpaired) electrons. The molecular weight excluding hydrogens is 226 g/mol. The fourth-order valence-electron chi connectivity index (χ4n) is 3.60. The highest BCUT2D eigenvalue weighted by atomic mass is 16.3. The first kappa shape index (κ1) is 11.6. The van der Waals surface area contributed by atoms with Gasteiger partial charge >= 0.3 is 0 Å². The molecule has 0 amide bonds. The zero-order valence-corrected chi connectivity index (χ0v) is 10.5. The maximum absolute atomic E-state index is 9.95. The number of rotatable bonds is 2. The third-order valence-electron chi connectivity index (χ3n) is 4.41. The number of benzene rings is 1. The minimum absolute atomic E-state index is 0.00754. The Bertz CT molecular complexity index is 484. The lowest BCUT2D eigenvalue weighted by atomic mass is 9.79. The van der Waals surface area contributed by atoms with E-state index in [0.29, 0.717) is 12.0 Å². The second-order valence-corrected chi connectivity index (χ2v) is 5.29. The summed E-state index contributed by atoms with van der Waals surface area (Å²) >= 11 is 0. The Balaban J connectivity index is 1.96. The second-order valence-electron chi connectivity index (χ2n) is 5.29. The molecule has 1 aromatic rings. The van der Waals surface area contributed by atoms with E-state index in [1.165, 1.54) is 5.56 Å². The fraction of sp³-hybridized carbons (Fsp3) is 0.467. The van der Waals surface area contributed by atoms with E-state index in [-0.39, 0.29) is 11.5 Å². The Morgan fingerprint density at radius 1 is 1.33 bits per heavy atom. The molecule has 2 N–H and O–H groups in total. The summed E-state index contributed by atoms with van der Waals surface area (Å²) in [5.74, 6) is 0.599. The van der Waals surface area contributed by atoms with Crippen molar-refractivity contribution in [2.24, 2.45) is 0 Å². The monoisotopic (exact) mass is 245 g/mol. The van der Waals surface area contributed by atoms with Gasteiger partial charge in [0.1, 0.15) is 0 Å². The molecule has 2 aliphatic rings. The van der Waals surface area contributed by atoms with Gasteiger partial charge in [-0.05, 0) is 37.4 Å². The van der Waals surface area contributed by atoms with E-state index in [9.17, 15) is 10.2 Å². The third-order valence-corrected chi connectivity index (χ3v) is 4.41. The molecule has 1 aliphatic heterocycles. The minimum atomic E-state index is 0.00754. The van der Waals surface area contributed by atoms with Crippen LogP contribution in [0.4, 0.5) is 0 Å². The molecule has 1 heterocycles. The maximum atomic E-state index is 9.95. The normalized spacial score (nSPS) is 26.7. The second kappa shape index (κ2) is 4.32. The van der Waals surface area contributed by atoms with Crippen LogP contribution < -0.4 is 0 Å². The maximum Gasteiger partial charge on any atom is 0.160 e. The number of hydrogen-bond donors (Lipinski definition) is 2. The van der Waals surface area contributed by atoms with Crippen molar-refractivity contribution in [2.75, 3.05) is 13.1 Å². The molecule has 1 fully saturated rings. The van der Waals surface area contributed by atoms with Crippen LogP contribution in [-0.2, 0) is 6.42 Å². The SMILES string of the molecule is C=CCN1CCC2c3ccc(O)c(O)c3CCC21. The van der Waals surface area contributed by atoms with Gasteiger partial charge in [-0.15, -0.1) is 6.58 Å². The van der Waals surface area contributed by atoms with Gasteiger partial charge in [-0.2, -0.15) is 0 Å². The van der Waals surface area contributed by atoms with Crippen molar-refractivity contribution in [3.8, 4) is 11.5 Å². The first-order chi connectivity index (χ1) is 8.72. The Morgan fingerprint density at radius 2 is 2.17 bits per heavy atom. The standard InChI is InChI=1S/C15H19NO2/c1-2-8-16-9-7-11-10-4-6-14(17)15(18)12(10)3-5-13(11)16/h2,4,6,11,13,17-18H,1,3,5,7-9H2. The Labute approximate surface area is 107 Å². The van der Waals surface area contributed by atoms with Crippen LogP contribution in [0.3, 0.4) is 0 Å². The number of hydrogen-bond acceptors (Lipinski definition) is 3. The Hall–Kier alpha value is -1.48. The van der Waals surface area contributed by atoms with Crippen molar-refractivity contribution in [2.45, 2.75) is 31.2 Å². The van der Waals surface area contributed by atoms with Crippen LogP contribution >= 0.6 is 0 Å². The Kier molecular flexibility index (Phi) is 2.78. The summed E-state index contributed by atoms with van der Waals surface area (Å²) in [5.41, 5.74) is 2.19. The molecule has 96 valence electrons. The summed E-state index contributed by atoms with van der Waals surface area (Å²) in [4.78, 5) is 2.48. The van der Waals surface area contributed by atoms with Crippen LogP contribution in [0.2, 0.25) is 0 Å². The molecule has 1 saturated heterocycles. The van der Waals surface area contributed by atoms with Gasteiger partial charge in [-0.3, -0.25) is 4.90 Å². The zero-order valence-electron chi connectivity index (χ0n) is 10.5. The Morgan fingerprint density at radius 3 is 2.94 bits per heavy atom. The largest absolute Gasteiger partial charge is 0.504 e. The van der Waals surface area contributed by atoms with E-state index in [1.54, 1.807) is 6.07 Å². The van der Waals surface area contributed by atoms with Crippen LogP contribution in [0.15, 0.2) is 24.8 Å². The number of phenols is 2. The van der Waals surface area contributed by atoms with Gasteiger partial charge in [0.25, 0.3) is 0 Å². The average molecular weight is 245 g/mol. The zero-order chi connectivity index (χ0) is 12.7. The first-order valence-corrected chi connectivity index (χ1v) is 6.61.